The van der Waals surface area contributed by atoms with Gasteiger partial charge in [-0.2, -0.15) is 0 Å². The number of fused-ring (bicyclic) bond motifs is 1. The van der Waals surface area contributed by atoms with Gasteiger partial charge >= 0.3 is 0 Å². The van der Waals surface area contributed by atoms with Crippen LogP contribution in [0.5, 0.6) is 5.75 Å². The first-order chi connectivity index (χ1) is 9.65. The monoisotopic (exact) mass is 307 g/mol. The molecule has 0 spiro atoms. The molecule has 1 unspecified atom stereocenters. The molecule has 2 nitrogen and oxygen atoms in total. The van der Waals surface area contributed by atoms with Gasteiger partial charge in [-0.15, -0.1) is 0 Å². The second-order valence-electron chi connectivity index (χ2n) is 4.98. The third-order valence-corrected chi connectivity index (χ3v) is 4.13. The Morgan fingerprint density at radius 3 is 2.80 bits per heavy atom. The Balaban J connectivity index is 1.90. The molecule has 0 saturated heterocycles. The minimum Gasteiger partial charge on any atom is -0.493 e. The number of hydrogen-bond acceptors (Lipinski definition) is 2. The van der Waals surface area contributed by atoms with Gasteiger partial charge in [-0.3, -0.25) is 0 Å². The van der Waals surface area contributed by atoms with Crippen molar-refractivity contribution in [3.05, 3.63) is 63.1 Å². The van der Waals surface area contributed by atoms with E-state index in [1.54, 1.807) is 0 Å². The average molecular weight is 308 g/mol. The molecule has 0 amide bonds. The number of nitrogens with two attached hydrogens (primary N) is 1. The van der Waals surface area contributed by atoms with Gasteiger partial charge in [0.2, 0.25) is 0 Å². The third kappa shape index (κ3) is 2.64. The number of hydrogen-bond donors (Lipinski definition) is 1. The standard InChI is InChI=1S/C16H15Cl2NO/c17-12-7-10-5-6-20-16(10)11(8-12)9-15(19)13-3-1-2-4-14(13)18/h1-4,7-8,15H,5-6,9,19H2. The van der Waals surface area contributed by atoms with E-state index < -0.39 is 0 Å². The highest BCUT2D eigenvalue weighted by Crippen LogP contribution is 2.35. The van der Waals surface area contributed by atoms with Crippen molar-refractivity contribution in [1.82, 2.24) is 0 Å². The average Bonchev–Trinajstić information content (AvgIpc) is 2.87. The first-order valence-electron chi connectivity index (χ1n) is 6.59. The lowest BCUT2D eigenvalue weighted by atomic mass is 9.97. The highest BCUT2D eigenvalue weighted by molar-refractivity contribution is 6.31. The van der Waals surface area contributed by atoms with Crippen molar-refractivity contribution >= 4 is 23.2 Å². The zero-order valence-corrected chi connectivity index (χ0v) is 12.4. The van der Waals surface area contributed by atoms with Crippen molar-refractivity contribution in [2.45, 2.75) is 18.9 Å². The van der Waals surface area contributed by atoms with Gasteiger partial charge in [-0.1, -0.05) is 41.4 Å². The first kappa shape index (κ1) is 13.7. The van der Waals surface area contributed by atoms with Crippen molar-refractivity contribution in [2.75, 3.05) is 6.61 Å². The van der Waals surface area contributed by atoms with Crippen molar-refractivity contribution in [1.29, 1.82) is 0 Å². The fourth-order valence-electron chi connectivity index (χ4n) is 2.62. The van der Waals surface area contributed by atoms with Gasteiger partial charge in [0.05, 0.1) is 6.61 Å². The lowest BCUT2D eigenvalue weighted by molar-refractivity contribution is 0.352. The van der Waals surface area contributed by atoms with Crippen LogP contribution in [0, 0.1) is 0 Å². The quantitative estimate of drug-likeness (QED) is 0.923. The van der Waals surface area contributed by atoms with Gasteiger partial charge in [0.15, 0.2) is 0 Å². The number of benzene rings is 2. The Morgan fingerprint density at radius 1 is 1.20 bits per heavy atom. The molecular weight excluding hydrogens is 293 g/mol. The molecule has 2 aromatic rings. The molecule has 2 N–H and O–H groups in total. The van der Waals surface area contributed by atoms with Gasteiger partial charge in [-0.05, 0) is 41.3 Å². The molecular formula is C16H15Cl2NO. The molecule has 104 valence electrons. The Morgan fingerprint density at radius 2 is 2.00 bits per heavy atom. The van der Waals surface area contributed by atoms with Crippen LogP contribution >= 0.6 is 23.2 Å². The molecule has 1 heterocycles. The Bertz CT molecular complexity index is 642. The lowest BCUT2D eigenvalue weighted by Crippen LogP contribution is -2.14. The van der Waals surface area contributed by atoms with Crippen LogP contribution in [-0.4, -0.2) is 6.61 Å². The summed E-state index contributed by atoms with van der Waals surface area (Å²) in [6.45, 7) is 0.712. The van der Waals surface area contributed by atoms with E-state index in [1.807, 2.05) is 36.4 Å². The van der Waals surface area contributed by atoms with Crippen LogP contribution in [0.1, 0.15) is 22.7 Å². The molecule has 3 rings (SSSR count). The molecule has 0 bridgehead atoms. The molecule has 2 aromatic carbocycles. The summed E-state index contributed by atoms with van der Waals surface area (Å²) in [4.78, 5) is 0. The summed E-state index contributed by atoms with van der Waals surface area (Å²) in [7, 11) is 0. The third-order valence-electron chi connectivity index (χ3n) is 3.57. The highest BCUT2D eigenvalue weighted by atomic mass is 35.5. The fraction of sp³-hybridized carbons (Fsp3) is 0.250. The molecule has 1 atom stereocenters. The van der Waals surface area contributed by atoms with Crippen LogP contribution in [0.2, 0.25) is 10.0 Å². The summed E-state index contributed by atoms with van der Waals surface area (Å²) in [5, 5.41) is 1.43. The van der Waals surface area contributed by atoms with Crippen LogP contribution in [0.3, 0.4) is 0 Å². The summed E-state index contributed by atoms with van der Waals surface area (Å²) in [6.07, 6.45) is 1.57. The predicted octanol–water partition coefficient (Wildman–Crippen LogP) is 4.17. The summed E-state index contributed by atoms with van der Waals surface area (Å²) in [5.41, 5.74) is 9.45. The van der Waals surface area contributed by atoms with Crippen molar-refractivity contribution < 1.29 is 4.74 Å². The largest absolute Gasteiger partial charge is 0.493 e. The SMILES string of the molecule is NC(Cc1cc(Cl)cc2c1OCC2)c1ccccc1Cl. The summed E-state index contributed by atoms with van der Waals surface area (Å²) < 4.78 is 5.70. The van der Waals surface area contributed by atoms with Crippen LogP contribution < -0.4 is 10.5 Å². The van der Waals surface area contributed by atoms with E-state index in [1.165, 1.54) is 5.56 Å². The van der Waals surface area contributed by atoms with E-state index in [0.717, 1.165) is 28.3 Å². The molecule has 0 radical (unpaired) electrons. The van der Waals surface area contributed by atoms with E-state index >= 15 is 0 Å². The van der Waals surface area contributed by atoms with E-state index in [-0.39, 0.29) is 6.04 Å². The molecule has 1 aliphatic rings. The first-order valence-corrected chi connectivity index (χ1v) is 7.35. The second kappa shape index (κ2) is 5.65. The molecule has 20 heavy (non-hydrogen) atoms. The van der Waals surface area contributed by atoms with E-state index in [9.17, 15) is 0 Å². The van der Waals surface area contributed by atoms with E-state index in [0.29, 0.717) is 18.1 Å². The van der Waals surface area contributed by atoms with Gasteiger partial charge in [0.1, 0.15) is 5.75 Å². The smallest absolute Gasteiger partial charge is 0.125 e. The Hall–Kier alpha value is -1.22. The molecule has 0 saturated carbocycles. The topological polar surface area (TPSA) is 35.2 Å². The van der Waals surface area contributed by atoms with Crippen molar-refractivity contribution in [3.8, 4) is 5.75 Å². The predicted molar refractivity (Wildman–Crippen MR) is 82.7 cm³/mol. The van der Waals surface area contributed by atoms with Gasteiger partial charge in [0.25, 0.3) is 0 Å². The van der Waals surface area contributed by atoms with Crippen LogP contribution in [0.15, 0.2) is 36.4 Å². The maximum atomic E-state index is 6.29. The lowest BCUT2D eigenvalue weighted by Gasteiger charge is -2.16. The molecule has 1 aliphatic heterocycles. The maximum absolute atomic E-state index is 6.29. The normalized spacial score (nSPS) is 14.8. The number of halogens is 2. The minimum absolute atomic E-state index is 0.171. The van der Waals surface area contributed by atoms with E-state index in [4.69, 9.17) is 33.7 Å². The second-order valence-corrected chi connectivity index (χ2v) is 5.83. The molecule has 4 heteroatoms. The summed E-state index contributed by atoms with van der Waals surface area (Å²) >= 11 is 12.4. The van der Waals surface area contributed by atoms with Crippen LogP contribution in [0.25, 0.3) is 0 Å². The maximum Gasteiger partial charge on any atom is 0.125 e. The molecule has 0 aromatic heterocycles. The number of rotatable bonds is 3. The molecule has 0 aliphatic carbocycles. The zero-order chi connectivity index (χ0) is 14.1. The zero-order valence-electron chi connectivity index (χ0n) is 10.9. The summed E-state index contributed by atoms with van der Waals surface area (Å²) in [5.74, 6) is 0.942. The summed E-state index contributed by atoms with van der Waals surface area (Å²) in [6, 6.07) is 11.4. The van der Waals surface area contributed by atoms with Crippen LogP contribution in [-0.2, 0) is 12.8 Å². The Labute approximate surface area is 128 Å². The van der Waals surface area contributed by atoms with Gasteiger partial charge in [-0.25, -0.2) is 0 Å². The van der Waals surface area contributed by atoms with E-state index in [2.05, 4.69) is 0 Å². The Kier molecular flexibility index (Phi) is 3.88. The van der Waals surface area contributed by atoms with Crippen molar-refractivity contribution in [3.63, 3.8) is 0 Å². The van der Waals surface area contributed by atoms with Gasteiger partial charge < -0.3 is 10.5 Å². The van der Waals surface area contributed by atoms with Crippen LogP contribution in [0.4, 0.5) is 0 Å². The number of ether oxygens (including phenoxy) is 1. The van der Waals surface area contributed by atoms with Crippen molar-refractivity contribution in [2.24, 2.45) is 5.73 Å². The fourth-order valence-corrected chi connectivity index (χ4v) is 3.16. The molecule has 0 fully saturated rings. The highest BCUT2D eigenvalue weighted by Gasteiger charge is 2.20. The minimum atomic E-state index is -0.171. The van der Waals surface area contributed by atoms with Gasteiger partial charge in [0, 0.05) is 22.5 Å².